The van der Waals surface area contributed by atoms with Gasteiger partial charge in [-0.3, -0.25) is 4.79 Å². The van der Waals surface area contributed by atoms with Gasteiger partial charge in [-0.05, 0) is 42.5 Å². The Bertz CT molecular complexity index is 583. The summed E-state index contributed by atoms with van der Waals surface area (Å²) < 4.78 is 0. The Morgan fingerprint density at radius 3 is 2.68 bits per heavy atom. The molecule has 1 aromatic heterocycles. The lowest BCUT2D eigenvalue weighted by molar-refractivity contribution is -0.119. The van der Waals surface area contributed by atoms with Gasteiger partial charge in [0.15, 0.2) is 0 Å². The van der Waals surface area contributed by atoms with Crippen LogP contribution in [0.4, 0.5) is 5.69 Å². The summed E-state index contributed by atoms with van der Waals surface area (Å²) in [5, 5.41) is 14.0. The summed E-state index contributed by atoms with van der Waals surface area (Å²) >= 11 is 1.66. The number of rotatable bonds is 8. The third-order valence-corrected chi connectivity index (χ3v) is 4.48. The predicted octanol–water partition coefficient (Wildman–Crippen LogP) is 2.56. The molecule has 0 fully saturated rings. The van der Waals surface area contributed by atoms with Crippen LogP contribution in [-0.2, 0) is 11.3 Å². The number of nitrogens with zero attached hydrogens (tertiary/aromatic N) is 1. The third kappa shape index (κ3) is 4.86. The molecule has 2 aromatic rings. The highest BCUT2D eigenvalue weighted by Gasteiger charge is 2.11. The lowest BCUT2D eigenvalue weighted by Crippen LogP contribution is -2.37. The minimum Gasteiger partial charge on any atom is -0.396 e. The lowest BCUT2D eigenvalue weighted by atomic mass is 10.2. The SMILES string of the molecule is Cc1ccsc1CNC(=O)CN(CCCO)c1ccccc1. The molecule has 2 N–H and O–H groups in total. The number of nitrogens with one attached hydrogen (secondary N) is 1. The second kappa shape index (κ2) is 8.56. The van der Waals surface area contributed by atoms with Gasteiger partial charge in [0.2, 0.25) is 5.91 Å². The normalized spacial score (nSPS) is 10.5. The Balaban J connectivity index is 1.91. The van der Waals surface area contributed by atoms with Crippen molar-refractivity contribution in [3.8, 4) is 0 Å². The van der Waals surface area contributed by atoms with Crippen LogP contribution in [0.1, 0.15) is 16.9 Å². The molecule has 0 saturated heterocycles. The molecule has 0 aliphatic carbocycles. The smallest absolute Gasteiger partial charge is 0.239 e. The van der Waals surface area contributed by atoms with Crippen LogP contribution in [-0.4, -0.2) is 30.7 Å². The topological polar surface area (TPSA) is 52.6 Å². The Labute approximate surface area is 135 Å². The van der Waals surface area contributed by atoms with Crippen LogP contribution >= 0.6 is 11.3 Å². The van der Waals surface area contributed by atoms with E-state index in [0.29, 0.717) is 26.1 Å². The van der Waals surface area contributed by atoms with E-state index in [1.807, 2.05) is 40.6 Å². The number of carbonyl (C=O) groups is 1. The van der Waals surface area contributed by atoms with Gasteiger partial charge in [0.05, 0.1) is 13.1 Å². The van der Waals surface area contributed by atoms with E-state index >= 15 is 0 Å². The number of amides is 1. The van der Waals surface area contributed by atoms with Crippen molar-refractivity contribution >= 4 is 22.9 Å². The molecule has 1 aromatic carbocycles. The van der Waals surface area contributed by atoms with Crippen LogP contribution in [0.15, 0.2) is 41.8 Å². The molecule has 2 rings (SSSR count). The Hall–Kier alpha value is -1.85. The van der Waals surface area contributed by atoms with Crippen molar-refractivity contribution in [3.63, 3.8) is 0 Å². The first-order valence-electron chi connectivity index (χ1n) is 7.41. The molecule has 1 heterocycles. The number of aliphatic hydroxyl groups is 1. The van der Waals surface area contributed by atoms with Crippen LogP contribution in [0.5, 0.6) is 0 Å². The zero-order valence-corrected chi connectivity index (χ0v) is 13.6. The summed E-state index contributed by atoms with van der Waals surface area (Å²) in [6, 6.07) is 11.9. The maximum atomic E-state index is 12.2. The van der Waals surface area contributed by atoms with Crippen molar-refractivity contribution in [2.45, 2.75) is 19.9 Å². The fraction of sp³-hybridized carbons (Fsp3) is 0.353. The molecule has 4 nitrogen and oxygen atoms in total. The van der Waals surface area contributed by atoms with Gasteiger partial charge in [-0.25, -0.2) is 0 Å². The number of para-hydroxylation sites is 1. The van der Waals surface area contributed by atoms with Crippen LogP contribution < -0.4 is 10.2 Å². The molecule has 118 valence electrons. The molecule has 0 spiro atoms. The standard InChI is InChI=1S/C17H22N2O2S/c1-14-8-11-22-16(14)12-18-17(21)13-19(9-5-10-20)15-6-3-2-4-7-15/h2-4,6-8,11,20H,5,9-10,12-13H2,1H3,(H,18,21). The average Bonchev–Trinajstić information content (AvgIpc) is 2.95. The molecule has 0 aliphatic rings. The number of anilines is 1. The highest BCUT2D eigenvalue weighted by Crippen LogP contribution is 2.15. The molecule has 0 unspecified atom stereocenters. The number of benzene rings is 1. The zero-order valence-electron chi connectivity index (χ0n) is 12.8. The Kier molecular flexibility index (Phi) is 6.43. The summed E-state index contributed by atoms with van der Waals surface area (Å²) in [4.78, 5) is 15.4. The molecular formula is C17H22N2O2S. The summed E-state index contributed by atoms with van der Waals surface area (Å²) in [5.74, 6) is -0.00501. The fourth-order valence-corrected chi connectivity index (χ4v) is 3.04. The minimum absolute atomic E-state index is 0.00501. The molecule has 0 atom stereocenters. The van der Waals surface area contributed by atoms with E-state index in [1.165, 1.54) is 10.4 Å². The van der Waals surface area contributed by atoms with Crippen molar-refractivity contribution in [1.29, 1.82) is 0 Å². The van der Waals surface area contributed by atoms with E-state index in [9.17, 15) is 4.79 Å². The number of hydrogen-bond donors (Lipinski definition) is 2. The summed E-state index contributed by atoms with van der Waals surface area (Å²) in [7, 11) is 0. The molecule has 1 amide bonds. The number of hydrogen-bond acceptors (Lipinski definition) is 4. The van der Waals surface area contributed by atoms with Crippen molar-refractivity contribution in [1.82, 2.24) is 5.32 Å². The van der Waals surface area contributed by atoms with Gasteiger partial charge < -0.3 is 15.3 Å². The van der Waals surface area contributed by atoms with E-state index in [-0.39, 0.29) is 12.5 Å². The zero-order chi connectivity index (χ0) is 15.8. The predicted molar refractivity (Wildman–Crippen MR) is 91.3 cm³/mol. The molecule has 0 radical (unpaired) electrons. The number of aryl methyl sites for hydroxylation is 1. The molecule has 22 heavy (non-hydrogen) atoms. The first-order chi connectivity index (χ1) is 10.7. The highest BCUT2D eigenvalue weighted by atomic mass is 32.1. The lowest BCUT2D eigenvalue weighted by Gasteiger charge is -2.24. The van der Waals surface area contributed by atoms with E-state index in [0.717, 1.165) is 5.69 Å². The van der Waals surface area contributed by atoms with Gasteiger partial charge in [0.1, 0.15) is 0 Å². The monoisotopic (exact) mass is 318 g/mol. The van der Waals surface area contributed by atoms with Gasteiger partial charge in [-0.1, -0.05) is 18.2 Å². The second-order valence-electron chi connectivity index (χ2n) is 5.14. The molecule has 0 bridgehead atoms. The maximum absolute atomic E-state index is 12.2. The first-order valence-corrected chi connectivity index (χ1v) is 8.29. The van der Waals surface area contributed by atoms with E-state index < -0.39 is 0 Å². The van der Waals surface area contributed by atoms with Gasteiger partial charge in [-0.15, -0.1) is 11.3 Å². The van der Waals surface area contributed by atoms with Crippen LogP contribution in [0, 0.1) is 6.92 Å². The number of aliphatic hydroxyl groups excluding tert-OH is 1. The van der Waals surface area contributed by atoms with Gasteiger partial charge in [-0.2, -0.15) is 0 Å². The average molecular weight is 318 g/mol. The van der Waals surface area contributed by atoms with E-state index in [2.05, 4.69) is 18.3 Å². The summed E-state index contributed by atoms with van der Waals surface area (Å²) in [5.41, 5.74) is 2.21. The van der Waals surface area contributed by atoms with Gasteiger partial charge in [0.25, 0.3) is 0 Å². The summed E-state index contributed by atoms with van der Waals surface area (Å²) in [6.07, 6.45) is 0.645. The molecule has 0 aliphatic heterocycles. The summed E-state index contributed by atoms with van der Waals surface area (Å²) in [6.45, 7) is 3.71. The van der Waals surface area contributed by atoms with Crippen molar-refractivity contribution in [3.05, 3.63) is 52.2 Å². The third-order valence-electron chi connectivity index (χ3n) is 3.46. The molecule has 5 heteroatoms. The van der Waals surface area contributed by atoms with Crippen molar-refractivity contribution < 1.29 is 9.90 Å². The minimum atomic E-state index is -0.00501. The van der Waals surface area contributed by atoms with Gasteiger partial charge >= 0.3 is 0 Å². The maximum Gasteiger partial charge on any atom is 0.239 e. The van der Waals surface area contributed by atoms with E-state index in [4.69, 9.17) is 5.11 Å². The van der Waals surface area contributed by atoms with E-state index in [1.54, 1.807) is 11.3 Å². The molecule has 0 saturated carbocycles. The van der Waals surface area contributed by atoms with Crippen LogP contribution in [0.25, 0.3) is 0 Å². The van der Waals surface area contributed by atoms with Gasteiger partial charge in [0, 0.05) is 23.7 Å². The van der Waals surface area contributed by atoms with Crippen molar-refractivity contribution in [2.75, 3.05) is 24.6 Å². The largest absolute Gasteiger partial charge is 0.396 e. The fourth-order valence-electron chi connectivity index (χ4n) is 2.19. The second-order valence-corrected chi connectivity index (χ2v) is 6.14. The Morgan fingerprint density at radius 1 is 1.27 bits per heavy atom. The Morgan fingerprint density at radius 2 is 2.05 bits per heavy atom. The number of thiophene rings is 1. The van der Waals surface area contributed by atoms with Crippen molar-refractivity contribution in [2.24, 2.45) is 0 Å². The quantitative estimate of drug-likeness (QED) is 0.786. The molecular weight excluding hydrogens is 296 g/mol. The number of carbonyl (C=O) groups excluding carboxylic acids is 1. The first kappa shape index (κ1) is 16.5. The highest BCUT2D eigenvalue weighted by molar-refractivity contribution is 7.10. The van der Waals surface area contributed by atoms with Crippen LogP contribution in [0.2, 0.25) is 0 Å². The van der Waals surface area contributed by atoms with Crippen LogP contribution in [0.3, 0.4) is 0 Å².